The third kappa shape index (κ3) is 1.84. The van der Waals surface area contributed by atoms with Crippen molar-refractivity contribution in [3.63, 3.8) is 0 Å². The van der Waals surface area contributed by atoms with E-state index in [0.717, 1.165) is 35.7 Å². The monoisotopic (exact) mass is 244 g/mol. The highest BCUT2D eigenvalue weighted by atomic mass is 19.1. The first-order valence-electron chi connectivity index (χ1n) is 6.47. The Bertz CT molecular complexity index is 586. The maximum Gasteiger partial charge on any atom is 0.123 e. The summed E-state index contributed by atoms with van der Waals surface area (Å²) in [5.41, 5.74) is 2.96. The van der Waals surface area contributed by atoms with E-state index in [1.54, 1.807) is 12.1 Å². The van der Waals surface area contributed by atoms with Crippen molar-refractivity contribution < 1.29 is 4.39 Å². The maximum absolute atomic E-state index is 13.3. The Morgan fingerprint density at radius 2 is 2.22 bits per heavy atom. The molecule has 0 amide bonds. The number of hydrogen-bond donors (Lipinski definition) is 0. The van der Waals surface area contributed by atoms with Crippen LogP contribution in [0.1, 0.15) is 24.9 Å². The van der Waals surface area contributed by atoms with E-state index in [1.807, 2.05) is 6.07 Å². The van der Waals surface area contributed by atoms with Gasteiger partial charge in [-0.2, -0.15) is 0 Å². The van der Waals surface area contributed by atoms with Crippen LogP contribution in [0.5, 0.6) is 0 Å². The first kappa shape index (κ1) is 11.5. The SMILES string of the molecule is Cc1c(-c2cccc(F)c2)nc2n1CC(C)CC2. The standard InChI is InChI=1S/C15H17FN2/c1-10-6-7-14-17-15(11(2)18(14)9-10)12-4-3-5-13(16)8-12/h3-5,8,10H,6-7,9H2,1-2H3. The van der Waals surface area contributed by atoms with Crippen molar-refractivity contribution in [2.75, 3.05) is 0 Å². The molecule has 1 aromatic heterocycles. The summed E-state index contributed by atoms with van der Waals surface area (Å²) in [5, 5.41) is 0. The zero-order valence-electron chi connectivity index (χ0n) is 10.8. The molecule has 0 saturated heterocycles. The highest BCUT2D eigenvalue weighted by Crippen LogP contribution is 2.28. The molecule has 1 unspecified atom stereocenters. The van der Waals surface area contributed by atoms with E-state index >= 15 is 0 Å². The lowest BCUT2D eigenvalue weighted by molar-refractivity contribution is 0.389. The predicted molar refractivity (Wildman–Crippen MR) is 69.8 cm³/mol. The van der Waals surface area contributed by atoms with Gasteiger partial charge in [-0.25, -0.2) is 9.37 Å². The molecule has 2 nitrogen and oxygen atoms in total. The first-order valence-corrected chi connectivity index (χ1v) is 6.47. The molecule has 94 valence electrons. The van der Waals surface area contributed by atoms with Gasteiger partial charge in [-0.15, -0.1) is 0 Å². The minimum atomic E-state index is -0.203. The molecule has 0 aliphatic carbocycles. The van der Waals surface area contributed by atoms with Gasteiger partial charge in [0, 0.05) is 24.2 Å². The summed E-state index contributed by atoms with van der Waals surface area (Å²) < 4.78 is 15.6. The number of aryl methyl sites for hydroxylation is 1. The molecule has 1 aliphatic heterocycles. The van der Waals surface area contributed by atoms with Gasteiger partial charge in [0.15, 0.2) is 0 Å². The second-order valence-corrected chi connectivity index (χ2v) is 5.23. The summed E-state index contributed by atoms with van der Waals surface area (Å²) in [5.74, 6) is 1.64. The van der Waals surface area contributed by atoms with Crippen molar-refractivity contribution in [2.45, 2.75) is 33.2 Å². The molecule has 0 spiro atoms. The Kier molecular flexibility index (Phi) is 2.69. The summed E-state index contributed by atoms with van der Waals surface area (Å²) >= 11 is 0. The molecule has 2 aromatic rings. The molecule has 1 atom stereocenters. The lowest BCUT2D eigenvalue weighted by atomic mass is 10.0. The van der Waals surface area contributed by atoms with Crippen LogP contribution in [0.3, 0.4) is 0 Å². The van der Waals surface area contributed by atoms with E-state index in [2.05, 4.69) is 18.4 Å². The molecular formula is C15H17FN2. The van der Waals surface area contributed by atoms with Crippen molar-refractivity contribution in [3.8, 4) is 11.3 Å². The summed E-state index contributed by atoms with van der Waals surface area (Å²) in [6, 6.07) is 6.70. The molecule has 3 heteroatoms. The molecule has 3 rings (SSSR count). The summed E-state index contributed by atoms with van der Waals surface area (Å²) in [4.78, 5) is 4.69. The molecule has 0 N–H and O–H groups in total. The van der Waals surface area contributed by atoms with Gasteiger partial charge in [-0.05, 0) is 31.4 Å². The largest absolute Gasteiger partial charge is 0.331 e. The van der Waals surface area contributed by atoms with Gasteiger partial charge in [0.1, 0.15) is 11.6 Å². The van der Waals surface area contributed by atoms with Crippen molar-refractivity contribution in [1.29, 1.82) is 0 Å². The van der Waals surface area contributed by atoms with Crippen LogP contribution in [0.2, 0.25) is 0 Å². The Morgan fingerprint density at radius 1 is 1.39 bits per heavy atom. The Labute approximate surface area is 106 Å². The fourth-order valence-corrected chi connectivity index (χ4v) is 2.71. The Morgan fingerprint density at radius 3 is 3.00 bits per heavy atom. The number of rotatable bonds is 1. The van der Waals surface area contributed by atoms with E-state index < -0.39 is 0 Å². The number of nitrogens with zero attached hydrogens (tertiary/aromatic N) is 2. The van der Waals surface area contributed by atoms with Crippen LogP contribution >= 0.6 is 0 Å². The number of fused-ring (bicyclic) bond motifs is 1. The van der Waals surface area contributed by atoms with Crippen LogP contribution in [0.4, 0.5) is 4.39 Å². The summed E-state index contributed by atoms with van der Waals surface area (Å²) in [6.07, 6.45) is 2.22. The zero-order valence-corrected chi connectivity index (χ0v) is 10.8. The molecule has 2 heterocycles. The normalized spacial score (nSPS) is 18.7. The van der Waals surface area contributed by atoms with E-state index in [0.29, 0.717) is 5.92 Å². The smallest absolute Gasteiger partial charge is 0.123 e. The van der Waals surface area contributed by atoms with Gasteiger partial charge in [-0.3, -0.25) is 0 Å². The highest BCUT2D eigenvalue weighted by Gasteiger charge is 2.21. The minimum Gasteiger partial charge on any atom is -0.331 e. The molecule has 0 fully saturated rings. The number of benzene rings is 1. The molecule has 0 bridgehead atoms. The van der Waals surface area contributed by atoms with Crippen molar-refractivity contribution in [1.82, 2.24) is 9.55 Å². The number of halogens is 1. The van der Waals surface area contributed by atoms with Crippen molar-refractivity contribution >= 4 is 0 Å². The van der Waals surface area contributed by atoms with Crippen LogP contribution in [0.15, 0.2) is 24.3 Å². The Hall–Kier alpha value is -1.64. The minimum absolute atomic E-state index is 0.203. The predicted octanol–water partition coefficient (Wildman–Crippen LogP) is 3.58. The van der Waals surface area contributed by atoms with Crippen molar-refractivity contribution in [2.24, 2.45) is 5.92 Å². The van der Waals surface area contributed by atoms with E-state index in [-0.39, 0.29) is 5.82 Å². The molecule has 1 aliphatic rings. The third-order valence-electron chi connectivity index (χ3n) is 3.75. The van der Waals surface area contributed by atoms with E-state index in [4.69, 9.17) is 4.98 Å². The van der Waals surface area contributed by atoms with Crippen LogP contribution < -0.4 is 0 Å². The van der Waals surface area contributed by atoms with Gasteiger partial charge in [0.2, 0.25) is 0 Å². The number of aromatic nitrogens is 2. The lowest BCUT2D eigenvalue weighted by Gasteiger charge is -2.21. The zero-order chi connectivity index (χ0) is 12.7. The highest BCUT2D eigenvalue weighted by molar-refractivity contribution is 5.62. The van der Waals surface area contributed by atoms with Gasteiger partial charge in [-0.1, -0.05) is 19.1 Å². The summed E-state index contributed by atoms with van der Waals surface area (Å²) in [6.45, 7) is 5.38. The van der Waals surface area contributed by atoms with Crippen LogP contribution in [-0.4, -0.2) is 9.55 Å². The average Bonchev–Trinajstić information content (AvgIpc) is 2.67. The topological polar surface area (TPSA) is 17.8 Å². The van der Waals surface area contributed by atoms with Crippen LogP contribution in [0.25, 0.3) is 11.3 Å². The van der Waals surface area contributed by atoms with Crippen LogP contribution in [0, 0.1) is 18.7 Å². The number of imidazole rings is 1. The van der Waals surface area contributed by atoms with E-state index in [1.165, 1.54) is 12.5 Å². The first-order chi connectivity index (χ1) is 8.65. The van der Waals surface area contributed by atoms with Gasteiger partial charge in [0.25, 0.3) is 0 Å². The third-order valence-corrected chi connectivity index (χ3v) is 3.75. The van der Waals surface area contributed by atoms with Gasteiger partial charge < -0.3 is 4.57 Å². The molecular weight excluding hydrogens is 227 g/mol. The van der Waals surface area contributed by atoms with Gasteiger partial charge in [0.05, 0.1) is 5.69 Å². The molecule has 18 heavy (non-hydrogen) atoms. The second kappa shape index (κ2) is 4.23. The fraction of sp³-hybridized carbons (Fsp3) is 0.400. The second-order valence-electron chi connectivity index (χ2n) is 5.23. The van der Waals surface area contributed by atoms with Crippen molar-refractivity contribution in [3.05, 3.63) is 41.6 Å². The Balaban J connectivity index is 2.09. The molecule has 0 radical (unpaired) electrons. The van der Waals surface area contributed by atoms with Gasteiger partial charge >= 0.3 is 0 Å². The summed E-state index contributed by atoms with van der Waals surface area (Å²) in [7, 11) is 0. The average molecular weight is 244 g/mol. The number of hydrogen-bond acceptors (Lipinski definition) is 1. The van der Waals surface area contributed by atoms with Crippen LogP contribution in [-0.2, 0) is 13.0 Å². The maximum atomic E-state index is 13.3. The quantitative estimate of drug-likeness (QED) is 0.749. The lowest BCUT2D eigenvalue weighted by Crippen LogP contribution is -2.18. The van der Waals surface area contributed by atoms with E-state index in [9.17, 15) is 4.39 Å². The molecule has 1 aromatic carbocycles. The molecule has 0 saturated carbocycles. The fourth-order valence-electron chi connectivity index (χ4n) is 2.71.